The number of nitrogens with one attached hydrogen (secondary N) is 1. The summed E-state index contributed by atoms with van der Waals surface area (Å²) in [5.41, 5.74) is 0. The van der Waals surface area contributed by atoms with E-state index >= 15 is 0 Å². The van der Waals surface area contributed by atoms with Gasteiger partial charge < -0.3 is 10.1 Å². The lowest BCUT2D eigenvalue weighted by Crippen LogP contribution is -2.32. The molecular weight excluding hydrogens is 194 g/mol. The van der Waals surface area contributed by atoms with Crippen LogP contribution < -0.4 is 5.32 Å². The van der Waals surface area contributed by atoms with Crippen LogP contribution >= 0.6 is 11.8 Å². The van der Waals surface area contributed by atoms with Crippen LogP contribution in [0.2, 0.25) is 0 Å². The van der Waals surface area contributed by atoms with E-state index < -0.39 is 0 Å². The van der Waals surface area contributed by atoms with Crippen molar-refractivity contribution in [2.45, 2.75) is 43.4 Å². The molecule has 1 N–H and O–H groups in total. The summed E-state index contributed by atoms with van der Waals surface area (Å²) >= 11 is 2.14. The first-order valence-corrected chi connectivity index (χ1v) is 6.69. The van der Waals surface area contributed by atoms with Crippen molar-refractivity contribution in [3.8, 4) is 0 Å². The van der Waals surface area contributed by atoms with Crippen molar-refractivity contribution in [1.82, 2.24) is 5.32 Å². The van der Waals surface area contributed by atoms with Crippen molar-refractivity contribution in [2.24, 2.45) is 0 Å². The normalized spacial score (nSPS) is 27.9. The molecule has 2 nitrogen and oxygen atoms in total. The van der Waals surface area contributed by atoms with Gasteiger partial charge in [-0.05, 0) is 38.5 Å². The molecule has 1 fully saturated rings. The van der Waals surface area contributed by atoms with Crippen molar-refractivity contribution < 1.29 is 4.74 Å². The van der Waals surface area contributed by atoms with E-state index in [9.17, 15) is 0 Å². The van der Waals surface area contributed by atoms with E-state index in [1.807, 2.05) is 0 Å². The topological polar surface area (TPSA) is 21.3 Å². The summed E-state index contributed by atoms with van der Waals surface area (Å²) in [7, 11) is 3.87. The fourth-order valence-corrected chi connectivity index (χ4v) is 3.33. The average molecular weight is 217 g/mol. The maximum atomic E-state index is 5.05. The zero-order valence-electron chi connectivity index (χ0n) is 9.42. The van der Waals surface area contributed by atoms with Crippen molar-refractivity contribution in [1.29, 1.82) is 0 Å². The minimum atomic E-state index is 0.767. The zero-order chi connectivity index (χ0) is 10.2. The minimum absolute atomic E-state index is 0.767. The molecule has 84 valence electrons. The summed E-state index contributed by atoms with van der Waals surface area (Å²) in [6.07, 6.45) is 6.73. The molecule has 2 atom stereocenters. The van der Waals surface area contributed by atoms with Gasteiger partial charge in [0.1, 0.15) is 0 Å². The van der Waals surface area contributed by atoms with Crippen LogP contribution in [0.1, 0.15) is 32.1 Å². The largest absolute Gasteiger partial charge is 0.385 e. The molecule has 14 heavy (non-hydrogen) atoms. The molecule has 2 unspecified atom stereocenters. The van der Waals surface area contributed by atoms with E-state index in [1.165, 1.54) is 37.9 Å². The Hall–Kier alpha value is 0.270. The van der Waals surface area contributed by atoms with E-state index in [2.05, 4.69) is 24.1 Å². The molecule has 0 aromatic rings. The van der Waals surface area contributed by atoms with Crippen LogP contribution in [0.4, 0.5) is 0 Å². The lowest BCUT2D eigenvalue weighted by Gasteiger charge is -2.28. The Balaban J connectivity index is 2.05. The van der Waals surface area contributed by atoms with Crippen LogP contribution in [0.25, 0.3) is 0 Å². The van der Waals surface area contributed by atoms with Gasteiger partial charge >= 0.3 is 0 Å². The number of hydrogen-bond acceptors (Lipinski definition) is 3. The molecule has 0 aromatic heterocycles. The molecule has 3 heteroatoms. The standard InChI is InChI=1S/C11H23NOS/c1-12-10-5-3-6-11(9-10)14-8-4-7-13-2/h10-12H,3-9H2,1-2H3. The van der Waals surface area contributed by atoms with Crippen LogP contribution in [-0.4, -0.2) is 37.8 Å². The fraction of sp³-hybridized carbons (Fsp3) is 1.00. The quantitative estimate of drug-likeness (QED) is 0.690. The van der Waals surface area contributed by atoms with Crippen molar-refractivity contribution >= 4 is 11.8 Å². The van der Waals surface area contributed by atoms with Crippen LogP contribution in [0.15, 0.2) is 0 Å². The molecular formula is C11H23NOS. The second-order valence-electron chi connectivity index (χ2n) is 3.99. The van der Waals surface area contributed by atoms with E-state index in [4.69, 9.17) is 4.74 Å². The Morgan fingerprint density at radius 1 is 1.43 bits per heavy atom. The smallest absolute Gasteiger partial charge is 0.0470 e. The van der Waals surface area contributed by atoms with E-state index in [-0.39, 0.29) is 0 Å². The van der Waals surface area contributed by atoms with Crippen LogP contribution in [0.3, 0.4) is 0 Å². The number of rotatable bonds is 6. The molecule has 0 heterocycles. The first-order chi connectivity index (χ1) is 6.86. The number of methoxy groups -OCH3 is 1. The summed E-state index contributed by atoms with van der Waals surface area (Å²) in [5.74, 6) is 1.26. The van der Waals surface area contributed by atoms with Gasteiger partial charge in [0.05, 0.1) is 0 Å². The monoisotopic (exact) mass is 217 g/mol. The van der Waals surface area contributed by atoms with Gasteiger partial charge in [-0.15, -0.1) is 0 Å². The van der Waals surface area contributed by atoms with Gasteiger partial charge in [-0.25, -0.2) is 0 Å². The van der Waals surface area contributed by atoms with Gasteiger partial charge in [-0.2, -0.15) is 11.8 Å². The molecule has 0 bridgehead atoms. The van der Waals surface area contributed by atoms with Gasteiger partial charge in [0, 0.05) is 25.0 Å². The highest BCUT2D eigenvalue weighted by molar-refractivity contribution is 7.99. The first-order valence-electron chi connectivity index (χ1n) is 5.64. The van der Waals surface area contributed by atoms with E-state index in [0.29, 0.717) is 0 Å². The molecule has 1 aliphatic rings. The van der Waals surface area contributed by atoms with Gasteiger partial charge in [0.15, 0.2) is 0 Å². The molecule has 0 aromatic carbocycles. The van der Waals surface area contributed by atoms with Crippen molar-refractivity contribution in [3.05, 3.63) is 0 Å². The summed E-state index contributed by atoms with van der Waals surface area (Å²) in [4.78, 5) is 0. The molecule has 0 radical (unpaired) electrons. The molecule has 0 aliphatic heterocycles. The van der Waals surface area contributed by atoms with Gasteiger partial charge in [-0.1, -0.05) is 6.42 Å². The Kier molecular flexibility index (Phi) is 6.65. The fourth-order valence-electron chi connectivity index (χ4n) is 2.01. The van der Waals surface area contributed by atoms with Crippen LogP contribution in [0.5, 0.6) is 0 Å². The number of thioether (sulfide) groups is 1. The molecule has 1 saturated carbocycles. The minimum Gasteiger partial charge on any atom is -0.385 e. The SMILES string of the molecule is CNC1CCCC(SCCCOC)C1. The Labute approximate surface area is 92.2 Å². The Morgan fingerprint density at radius 3 is 3.00 bits per heavy atom. The number of ether oxygens (including phenoxy) is 1. The number of hydrogen-bond donors (Lipinski definition) is 1. The van der Waals surface area contributed by atoms with Gasteiger partial charge in [0.2, 0.25) is 0 Å². The highest BCUT2D eigenvalue weighted by Crippen LogP contribution is 2.28. The third-order valence-corrected chi connectivity index (χ3v) is 4.30. The molecule has 1 aliphatic carbocycles. The molecule has 0 spiro atoms. The van der Waals surface area contributed by atoms with Gasteiger partial charge in [-0.3, -0.25) is 0 Å². The third kappa shape index (κ3) is 4.67. The second kappa shape index (κ2) is 7.55. The highest BCUT2D eigenvalue weighted by Gasteiger charge is 2.20. The lowest BCUT2D eigenvalue weighted by atomic mass is 9.95. The second-order valence-corrected chi connectivity index (χ2v) is 5.40. The first kappa shape index (κ1) is 12.3. The summed E-state index contributed by atoms with van der Waals surface area (Å²) in [5, 5.41) is 4.28. The maximum absolute atomic E-state index is 5.05. The summed E-state index contributed by atoms with van der Waals surface area (Å²) < 4.78 is 5.05. The predicted octanol–water partition coefficient (Wildman–Crippen LogP) is 2.29. The van der Waals surface area contributed by atoms with Crippen molar-refractivity contribution in [3.63, 3.8) is 0 Å². The summed E-state index contributed by atoms with van der Waals surface area (Å²) in [6, 6.07) is 0.767. The van der Waals surface area contributed by atoms with Crippen LogP contribution in [-0.2, 0) is 4.74 Å². The Morgan fingerprint density at radius 2 is 2.29 bits per heavy atom. The Bertz CT molecular complexity index is 143. The van der Waals surface area contributed by atoms with E-state index in [1.54, 1.807) is 7.11 Å². The average Bonchev–Trinajstić information content (AvgIpc) is 2.25. The maximum Gasteiger partial charge on any atom is 0.0470 e. The summed E-state index contributed by atoms with van der Waals surface area (Å²) in [6.45, 7) is 0.912. The zero-order valence-corrected chi connectivity index (χ0v) is 10.2. The lowest BCUT2D eigenvalue weighted by molar-refractivity contribution is 0.200. The van der Waals surface area contributed by atoms with Crippen molar-refractivity contribution in [2.75, 3.05) is 26.5 Å². The van der Waals surface area contributed by atoms with Crippen LogP contribution in [0, 0.1) is 0 Å². The molecule has 1 rings (SSSR count). The molecule has 0 amide bonds. The van der Waals surface area contributed by atoms with Gasteiger partial charge in [0.25, 0.3) is 0 Å². The van der Waals surface area contributed by atoms with E-state index in [0.717, 1.165) is 17.9 Å². The highest BCUT2D eigenvalue weighted by atomic mass is 32.2. The molecule has 0 saturated heterocycles. The third-order valence-electron chi connectivity index (χ3n) is 2.88. The predicted molar refractivity (Wildman–Crippen MR) is 64.1 cm³/mol.